The van der Waals surface area contributed by atoms with E-state index in [0.29, 0.717) is 30.8 Å². The summed E-state index contributed by atoms with van der Waals surface area (Å²) in [5.41, 5.74) is 0. The number of hydrogen-bond donors (Lipinski definition) is 1. The van der Waals surface area contributed by atoms with Crippen LogP contribution in [0.3, 0.4) is 0 Å². The van der Waals surface area contributed by atoms with Gasteiger partial charge in [-0.25, -0.2) is 8.42 Å². The van der Waals surface area contributed by atoms with E-state index < -0.39 is 9.84 Å². The third-order valence-corrected chi connectivity index (χ3v) is 5.81. The lowest BCUT2D eigenvalue weighted by Crippen LogP contribution is -2.37. The molecule has 17 heavy (non-hydrogen) atoms. The zero-order chi connectivity index (χ0) is 12.5. The largest absolute Gasteiger partial charge is 0.314 e. The minimum Gasteiger partial charge on any atom is -0.314 e. The van der Waals surface area contributed by atoms with E-state index in [-0.39, 0.29) is 5.25 Å². The van der Waals surface area contributed by atoms with Crippen LogP contribution in [-0.4, -0.2) is 37.0 Å². The summed E-state index contributed by atoms with van der Waals surface area (Å²) >= 11 is 3.28. The summed E-state index contributed by atoms with van der Waals surface area (Å²) in [6.07, 6.45) is 0.962. The summed E-state index contributed by atoms with van der Waals surface area (Å²) in [5, 5.41) is 10.0. The maximum Gasteiger partial charge on any atom is 0.181 e. The molecule has 0 saturated carbocycles. The fraction of sp³-hybridized carbons (Fsp3) is 0.455. The van der Waals surface area contributed by atoms with Gasteiger partial charge in [0.1, 0.15) is 0 Å². The van der Waals surface area contributed by atoms with Crippen molar-refractivity contribution in [3.8, 4) is 0 Å². The van der Waals surface area contributed by atoms with Crippen molar-refractivity contribution < 1.29 is 13.6 Å². The van der Waals surface area contributed by atoms with Gasteiger partial charge in [-0.15, -0.1) is 0 Å². The Bertz CT molecular complexity index is 478. The van der Waals surface area contributed by atoms with Gasteiger partial charge < -0.3 is 5.21 Å². The van der Waals surface area contributed by atoms with E-state index in [1.165, 1.54) is 5.06 Å². The van der Waals surface area contributed by atoms with Crippen molar-refractivity contribution in [3.63, 3.8) is 0 Å². The lowest BCUT2D eigenvalue weighted by Gasteiger charge is -2.27. The summed E-state index contributed by atoms with van der Waals surface area (Å²) in [6, 6.07) is 6.69. The Morgan fingerprint density at radius 1 is 1.18 bits per heavy atom. The number of hydrogen-bond acceptors (Lipinski definition) is 4. The quantitative estimate of drug-likeness (QED) is 0.906. The standard InChI is InChI=1S/C11H14BrNO3S/c12-9-1-3-10(4-2-9)17(15,16)11-5-7-13(14)8-6-11/h1-4,11,14H,5-8H2. The first-order chi connectivity index (χ1) is 8.00. The number of benzene rings is 1. The average molecular weight is 320 g/mol. The van der Waals surface area contributed by atoms with Crippen LogP contribution in [0, 0.1) is 0 Å². The molecular formula is C11H14BrNO3S. The van der Waals surface area contributed by atoms with Crippen molar-refractivity contribution in [2.75, 3.05) is 13.1 Å². The van der Waals surface area contributed by atoms with Crippen LogP contribution in [0.2, 0.25) is 0 Å². The maximum absolute atomic E-state index is 12.3. The van der Waals surface area contributed by atoms with E-state index >= 15 is 0 Å². The van der Waals surface area contributed by atoms with E-state index in [9.17, 15) is 13.6 Å². The Morgan fingerprint density at radius 3 is 2.24 bits per heavy atom. The molecule has 1 fully saturated rings. The summed E-state index contributed by atoms with van der Waals surface area (Å²) in [5.74, 6) is 0. The fourth-order valence-corrected chi connectivity index (χ4v) is 3.97. The highest BCUT2D eigenvalue weighted by Crippen LogP contribution is 2.25. The number of halogens is 1. The van der Waals surface area contributed by atoms with Crippen LogP contribution in [0.5, 0.6) is 0 Å². The van der Waals surface area contributed by atoms with Crippen molar-refractivity contribution in [3.05, 3.63) is 28.7 Å². The van der Waals surface area contributed by atoms with Gasteiger partial charge in [0.2, 0.25) is 0 Å². The summed E-state index contributed by atoms with van der Waals surface area (Å²) in [6.45, 7) is 0.834. The van der Waals surface area contributed by atoms with Gasteiger partial charge in [-0.3, -0.25) is 0 Å². The molecule has 0 radical (unpaired) electrons. The van der Waals surface area contributed by atoms with Crippen LogP contribution in [0.1, 0.15) is 12.8 Å². The number of rotatable bonds is 2. The molecule has 1 aromatic carbocycles. The Labute approximate surface area is 109 Å². The van der Waals surface area contributed by atoms with Gasteiger partial charge in [0.05, 0.1) is 10.1 Å². The van der Waals surface area contributed by atoms with E-state index in [0.717, 1.165) is 4.47 Å². The van der Waals surface area contributed by atoms with Crippen molar-refractivity contribution in [2.24, 2.45) is 0 Å². The normalized spacial score (nSPS) is 19.4. The minimum absolute atomic E-state index is 0.358. The molecular weight excluding hydrogens is 306 g/mol. The van der Waals surface area contributed by atoms with Gasteiger partial charge in [-0.2, -0.15) is 5.06 Å². The van der Waals surface area contributed by atoms with E-state index in [1.54, 1.807) is 24.3 Å². The Balaban J connectivity index is 2.21. The van der Waals surface area contributed by atoms with Gasteiger partial charge in [0, 0.05) is 17.6 Å². The van der Waals surface area contributed by atoms with Crippen LogP contribution < -0.4 is 0 Å². The highest BCUT2D eigenvalue weighted by Gasteiger charge is 2.30. The average Bonchev–Trinajstić information content (AvgIpc) is 2.30. The monoisotopic (exact) mass is 319 g/mol. The second-order valence-electron chi connectivity index (χ2n) is 4.15. The predicted molar refractivity (Wildman–Crippen MR) is 67.7 cm³/mol. The molecule has 0 spiro atoms. The predicted octanol–water partition coefficient (Wildman–Crippen LogP) is 2.08. The molecule has 1 aliphatic rings. The van der Waals surface area contributed by atoms with Gasteiger partial charge >= 0.3 is 0 Å². The molecule has 0 bridgehead atoms. The van der Waals surface area contributed by atoms with Crippen molar-refractivity contribution in [1.29, 1.82) is 0 Å². The molecule has 0 atom stereocenters. The van der Waals surface area contributed by atoms with Crippen LogP contribution in [0.4, 0.5) is 0 Å². The van der Waals surface area contributed by atoms with Gasteiger partial charge in [0.15, 0.2) is 9.84 Å². The molecule has 4 nitrogen and oxygen atoms in total. The first kappa shape index (κ1) is 13.0. The molecule has 1 N–H and O–H groups in total. The number of nitrogens with zero attached hydrogens (tertiary/aromatic N) is 1. The molecule has 0 unspecified atom stereocenters. The van der Waals surface area contributed by atoms with Gasteiger partial charge in [0.25, 0.3) is 0 Å². The van der Waals surface area contributed by atoms with E-state index in [4.69, 9.17) is 0 Å². The molecule has 1 aliphatic heterocycles. The lowest BCUT2D eigenvalue weighted by atomic mass is 10.2. The molecule has 1 aromatic rings. The second kappa shape index (κ2) is 5.06. The molecule has 0 aromatic heterocycles. The summed E-state index contributed by atoms with van der Waals surface area (Å²) in [7, 11) is -3.26. The maximum atomic E-state index is 12.3. The molecule has 94 valence electrons. The summed E-state index contributed by atoms with van der Waals surface area (Å²) in [4.78, 5) is 0.358. The smallest absolute Gasteiger partial charge is 0.181 e. The van der Waals surface area contributed by atoms with Crippen LogP contribution in [0.25, 0.3) is 0 Å². The Hall–Kier alpha value is -0.430. The zero-order valence-electron chi connectivity index (χ0n) is 9.21. The third-order valence-electron chi connectivity index (χ3n) is 3.00. The first-order valence-electron chi connectivity index (χ1n) is 5.43. The molecule has 0 amide bonds. The first-order valence-corrected chi connectivity index (χ1v) is 7.77. The Morgan fingerprint density at radius 2 is 1.71 bits per heavy atom. The van der Waals surface area contributed by atoms with Gasteiger partial charge in [-0.1, -0.05) is 15.9 Å². The molecule has 2 rings (SSSR count). The highest BCUT2D eigenvalue weighted by atomic mass is 79.9. The van der Waals surface area contributed by atoms with Crippen LogP contribution in [-0.2, 0) is 9.84 Å². The number of piperidine rings is 1. The zero-order valence-corrected chi connectivity index (χ0v) is 11.6. The van der Waals surface area contributed by atoms with Crippen LogP contribution in [0.15, 0.2) is 33.6 Å². The number of sulfone groups is 1. The minimum atomic E-state index is -3.26. The molecule has 1 heterocycles. The van der Waals surface area contributed by atoms with Crippen molar-refractivity contribution >= 4 is 25.8 Å². The third kappa shape index (κ3) is 2.88. The Kier molecular flexibility index (Phi) is 3.87. The lowest BCUT2D eigenvalue weighted by molar-refractivity contribution is -0.102. The van der Waals surface area contributed by atoms with Gasteiger partial charge in [-0.05, 0) is 37.1 Å². The summed E-state index contributed by atoms with van der Waals surface area (Å²) < 4.78 is 25.4. The molecule has 0 aliphatic carbocycles. The number of hydroxylamine groups is 2. The molecule has 1 saturated heterocycles. The molecule has 6 heteroatoms. The highest BCUT2D eigenvalue weighted by molar-refractivity contribution is 9.10. The SMILES string of the molecule is O=S(=O)(c1ccc(Br)cc1)C1CCN(O)CC1. The fourth-order valence-electron chi connectivity index (χ4n) is 1.97. The van der Waals surface area contributed by atoms with Crippen molar-refractivity contribution in [2.45, 2.75) is 23.0 Å². The van der Waals surface area contributed by atoms with E-state index in [1.807, 2.05) is 0 Å². The topological polar surface area (TPSA) is 57.6 Å². The van der Waals surface area contributed by atoms with E-state index in [2.05, 4.69) is 15.9 Å². The van der Waals surface area contributed by atoms with Crippen LogP contribution >= 0.6 is 15.9 Å². The second-order valence-corrected chi connectivity index (χ2v) is 7.30. The van der Waals surface area contributed by atoms with Crippen molar-refractivity contribution in [1.82, 2.24) is 5.06 Å².